The number of halogens is 1. The molecule has 17 heavy (non-hydrogen) atoms. The summed E-state index contributed by atoms with van der Waals surface area (Å²) in [5.74, 6) is 1.53. The van der Waals surface area contributed by atoms with E-state index >= 15 is 0 Å². The number of hydrogen-bond donors (Lipinski definition) is 0. The van der Waals surface area contributed by atoms with E-state index in [0.29, 0.717) is 11.9 Å². The molecule has 0 amide bonds. The van der Waals surface area contributed by atoms with Gasteiger partial charge in [-0.05, 0) is 37.5 Å². The molecule has 0 bridgehead atoms. The fourth-order valence-electron chi connectivity index (χ4n) is 2.92. The van der Waals surface area contributed by atoms with Crippen LogP contribution >= 0.6 is 11.6 Å². The Kier molecular flexibility index (Phi) is 2.83. The standard InChI is InChI=1S/C14H17ClN2/c1-10-6-7-12-13(8-10)17(14(9-15)16-12)11-4-2-3-5-11/h6-8,11H,2-5,9H2,1H3. The quantitative estimate of drug-likeness (QED) is 0.729. The van der Waals surface area contributed by atoms with E-state index in [1.54, 1.807) is 0 Å². The molecule has 0 spiro atoms. The average Bonchev–Trinajstić information content (AvgIpc) is 2.93. The van der Waals surface area contributed by atoms with Crippen LogP contribution in [-0.2, 0) is 5.88 Å². The molecule has 90 valence electrons. The summed E-state index contributed by atoms with van der Waals surface area (Å²) in [4.78, 5) is 4.65. The largest absolute Gasteiger partial charge is 0.324 e. The molecule has 1 fully saturated rings. The average molecular weight is 249 g/mol. The summed E-state index contributed by atoms with van der Waals surface area (Å²) in [5, 5.41) is 0. The minimum Gasteiger partial charge on any atom is -0.324 e. The lowest BCUT2D eigenvalue weighted by atomic mass is 10.2. The van der Waals surface area contributed by atoms with Gasteiger partial charge in [0.15, 0.2) is 0 Å². The number of nitrogens with zero attached hydrogens (tertiary/aromatic N) is 2. The van der Waals surface area contributed by atoms with Crippen molar-refractivity contribution < 1.29 is 0 Å². The fourth-order valence-corrected chi connectivity index (χ4v) is 3.11. The summed E-state index contributed by atoms with van der Waals surface area (Å²) in [6, 6.07) is 7.06. The predicted octanol–water partition coefficient (Wildman–Crippen LogP) is 4.20. The number of aryl methyl sites for hydroxylation is 1. The first-order valence-corrected chi connectivity index (χ1v) is 6.86. The lowest BCUT2D eigenvalue weighted by molar-refractivity contribution is 0.518. The van der Waals surface area contributed by atoms with Crippen LogP contribution in [0.3, 0.4) is 0 Å². The molecule has 0 N–H and O–H groups in total. The van der Waals surface area contributed by atoms with Crippen LogP contribution in [-0.4, -0.2) is 9.55 Å². The van der Waals surface area contributed by atoms with E-state index in [0.717, 1.165) is 11.3 Å². The van der Waals surface area contributed by atoms with Crippen molar-refractivity contribution in [1.82, 2.24) is 9.55 Å². The maximum Gasteiger partial charge on any atom is 0.125 e. The van der Waals surface area contributed by atoms with Crippen molar-refractivity contribution in [2.24, 2.45) is 0 Å². The first kappa shape index (κ1) is 11.1. The first-order chi connectivity index (χ1) is 8.29. The molecule has 1 aromatic heterocycles. The third kappa shape index (κ3) is 1.85. The van der Waals surface area contributed by atoms with Gasteiger partial charge in [0.1, 0.15) is 5.82 Å². The van der Waals surface area contributed by atoms with Crippen molar-refractivity contribution in [2.75, 3.05) is 0 Å². The van der Waals surface area contributed by atoms with Crippen LogP contribution in [0.1, 0.15) is 43.1 Å². The Balaban J connectivity index is 2.20. The second kappa shape index (κ2) is 4.34. The van der Waals surface area contributed by atoms with Crippen LogP contribution in [0.4, 0.5) is 0 Å². The van der Waals surface area contributed by atoms with Gasteiger partial charge in [-0.3, -0.25) is 0 Å². The summed E-state index contributed by atoms with van der Waals surface area (Å²) >= 11 is 6.04. The first-order valence-electron chi connectivity index (χ1n) is 6.33. The molecule has 0 unspecified atom stereocenters. The van der Waals surface area contributed by atoms with E-state index in [4.69, 9.17) is 11.6 Å². The smallest absolute Gasteiger partial charge is 0.125 e. The molecular weight excluding hydrogens is 232 g/mol. The van der Waals surface area contributed by atoms with Crippen molar-refractivity contribution >= 4 is 22.6 Å². The normalized spacial score (nSPS) is 17.1. The number of benzene rings is 1. The fraction of sp³-hybridized carbons (Fsp3) is 0.500. The predicted molar refractivity (Wildman–Crippen MR) is 71.5 cm³/mol. The van der Waals surface area contributed by atoms with Crippen molar-refractivity contribution in [3.05, 3.63) is 29.6 Å². The summed E-state index contributed by atoms with van der Waals surface area (Å²) in [7, 11) is 0. The van der Waals surface area contributed by atoms with Crippen LogP contribution in [0, 0.1) is 6.92 Å². The summed E-state index contributed by atoms with van der Waals surface area (Å²) in [6.45, 7) is 2.13. The Labute approximate surface area is 107 Å². The van der Waals surface area contributed by atoms with E-state index in [-0.39, 0.29) is 0 Å². The Morgan fingerprint density at radius 3 is 2.82 bits per heavy atom. The Bertz CT molecular complexity index is 538. The van der Waals surface area contributed by atoms with Gasteiger partial charge in [0.25, 0.3) is 0 Å². The molecule has 1 saturated carbocycles. The zero-order chi connectivity index (χ0) is 11.8. The number of alkyl halides is 1. The minimum atomic E-state index is 0.504. The maximum absolute atomic E-state index is 6.04. The van der Waals surface area contributed by atoms with Gasteiger partial charge in [-0.2, -0.15) is 0 Å². The van der Waals surface area contributed by atoms with E-state index in [9.17, 15) is 0 Å². The topological polar surface area (TPSA) is 17.8 Å². The Morgan fingerprint density at radius 2 is 2.12 bits per heavy atom. The molecule has 3 rings (SSSR count). The van der Waals surface area contributed by atoms with E-state index in [1.165, 1.54) is 36.8 Å². The highest BCUT2D eigenvalue weighted by Crippen LogP contribution is 2.34. The van der Waals surface area contributed by atoms with Gasteiger partial charge in [-0.15, -0.1) is 11.6 Å². The number of hydrogen-bond acceptors (Lipinski definition) is 1. The molecule has 0 aliphatic heterocycles. The summed E-state index contributed by atoms with van der Waals surface area (Å²) < 4.78 is 2.38. The van der Waals surface area contributed by atoms with E-state index < -0.39 is 0 Å². The summed E-state index contributed by atoms with van der Waals surface area (Å²) in [5.41, 5.74) is 3.63. The zero-order valence-electron chi connectivity index (χ0n) is 10.1. The zero-order valence-corrected chi connectivity index (χ0v) is 10.9. The lowest BCUT2D eigenvalue weighted by Crippen LogP contribution is -2.08. The molecule has 1 aromatic carbocycles. The molecular formula is C14H17ClN2. The molecule has 1 aliphatic rings. The number of fused-ring (bicyclic) bond motifs is 1. The number of aromatic nitrogens is 2. The van der Waals surface area contributed by atoms with Crippen LogP contribution in [0.25, 0.3) is 11.0 Å². The highest BCUT2D eigenvalue weighted by Gasteiger charge is 2.22. The van der Waals surface area contributed by atoms with E-state index in [1.807, 2.05) is 0 Å². The molecule has 0 atom stereocenters. The van der Waals surface area contributed by atoms with Gasteiger partial charge < -0.3 is 4.57 Å². The molecule has 1 aliphatic carbocycles. The molecule has 2 aromatic rings. The molecule has 0 saturated heterocycles. The minimum absolute atomic E-state index is 0.504. The van der Waals surface area contributed by atoms with Gasteiger partial charge in [-0.25, -0.2) is 4.98 Å². The van der Waals surface area contributed by atoms with Crippen molar-refractivity contribution in [1.29, 1.82) is 0 Å². The van der Waals surface area contributed by atoms with Crippen molar-refractivity contribution in [3.8, 4) is 0 Å². The molecule has 2 nitrogen and oxygen atoms in total. The third-order valence-corrected chi connectivity index (χ3v) is 3.97. The second-order valence-corrected chi connectivity index (χ2v) is 5.23. The Hall–Kier alpha value is -1.02. The molecule has 0 radical (unpaired) electrons. The number of rotatable bonds is 2. The van der Waals surface area contributed by atoms with Gasteiger partial charge in [0.05, 0.1) is 16.9 Å². The molecule has 1 heterocycles. The van der Waals surface area contributed by atoms with Crippen LogP contribution in [0.5, 0.6) is 0 Å². The Morgan fingerprint density at radius 1 is 1.35 bits per heavy atom. The lowest BCUT2D eigenvalue weighted by Gasteiger charge is -2.15. The van der Waals surface area contributed by atoms with E-state index in [2.05, 4.69) is 34.7 Å². The van der Waals surface area contributed by atoms with Gasteiger partial charge in [-0.1, -0.05) is 18.9 Å². The van der Waals surface area contributed by atoms with Gasteiger partial charge in [0, 0.05) is 6.04 Å². The van der Waals surface area contributed by atoms with Crippen LogP contribution in [0.15, 0.2) is 18.2 Å². The van der Waals surface area contributed by atoms with Gasteiger partial charge in [0.2, 0.25) is 0 Å². The second-order valence-electron chi connectivity index (χ2n) is 4.96. The SMILES string of the molecule is Cc1ccc2nc(CCl)n(C3CCCC3)c2c1. The third-order valence-electron chi connectivity index (χ3n) is 3.73. The van der Waals surface area contributed by atoms with Crippen LogP contribution < -0.4 is 0 Å². The monoisotopic (exact) mass is 248 g/mol. The highest BCUT2D eigenvalue weighted by molar-refractivity contribution is 6.16. The van der Waals surface area contributed by atoms with Crippen LogP contribution in [0.2, 0.25) is 0 Å². The summed E-state index contributed by atoms with van der Waals surface area (Å²) in [6.07, 6.45) is 5.20. The highest BCUT2D eigenvalue weighted by atomic mass is 35.5. The maximum atomic E-state index is 6.04. The molecule has 3 heteroatoms. The number of imidazole rings is 1. The van der Waals surface area contributed by atoms with Crippen molar-refractivity contribution in [3.63, 3.8) is 0 Å². The van der Waals surface area contributed by atoms with Gasteiger partial charge >= 0.3 is 0 Å². The van der Waals surface area contributed by atoms with Crippen molar-refractivity contribution in [2.45, 2.75) is 44.5 Å².